The molecule has 1 N–H and O–H groups in total. The van der Waals surface area contributed by atoms with E-state index in [-0.39, 0.29) is 6.04 Å². The first-order valence-electron chi connectivity index (χ1n) is 6.52. The Morgan fingerprint density at radius 2 is 2.22 bits per heavy atom. The standard InChI is InChI=1S/C15H16N2O/c1-15(18)7-6-12(15)14-11-5-3-2-4-10(11)13-8-16-9-17(13)14/h2-5,8-9,12,14,18H,6-7H2,1H3/t12-,14-,15-/m0/s1. The summed E-state index contributed by atoms with van der Waals surface area (Å²) in [7, 11) is 0. The molecule has 3 heteroatoms. The third-order valence-electron chi connectivity index (χ3n) is 4.66. The number of rotatable bonds is 1. The highest BCUT2D eigenvalue weighted by Crippen LogP contribution is 2.52. The van der Waals surface area contributed by atoms with Gasteiger partial charge in [-0.1, -0.05) is 24.3 Å². The third kappa shape index (κ3) is 1.15. The summed E-state index contributed by atoms with van der Waals surface area (Å²) in [4.78, 5) is 4.26. The molecule has 1 aromatic carbocycles. The van der Waals surface area contributed by atoms with E-state index in [9.17, 15) is 5.11 Å². The van der Waals surface area contributed by atoms with Gasteiger partial charge in [0.15, 0.2) is 0 Å². The maximum atomic E-state index is 10.4. The van der Waals surface area contributed by atoms with Crippen molar-refractivity contribution >= 4 is 0 Å². The third-order valence-corrected chi connectivity index (χ3v) is 4.66. The van der Waals surface area contributed by atoms with E-state index in [1.54, 1.807) is 0 Å². The molecule has 3 nitrogen and oxygen atoms in total. The van der Waals surface area contributed by atoms with E-state index in [1.807, 2.05) is 19.4 Å². The van der Waals surface area contributed by atoms with Crippen molar-refractivity contribution in [2.75, 3.05) is 0 Å². The molecule has 1 saturated carbocycles. The molecule has 18 heavy (non-hydrogen) atoms. The van der Waals surface area contributed by atoms with Gasteiger partial charge in [0, 0.05) is 11.5 Å². The molecule has 0 unspecified atom stereocenters. The predicted molar refractivity (Wildman–Crippen MR) is 69.1 cm³/mol. The average Bonchev–Trinajstić information content (AvgIpc) is 2.92. The van der Waals surface area contributed by atoms with Crippen LogP contribution in [0.2, 0.25) is 0 Å². The number of nitrogens with zero attached hydrogens (tertiary/aromatic N) is 2. The summed E-state index contributed by atoms with van der Waals surface area (Å²) in [6, 6.07) is 8.73. The number of aromatic nitrogens is 2. The van der Waals surface area contributed by atoms with Gasteiger partial charge in [-0.15, -0.1) is 0 Å². The van der Waals surface area contributed by atoms with E-state index in [2.05, 4.69) is 33.8 Å². The fourth-order valence-corrected chi connectivity index (χ4v) is 3.51. The van der Waals surface area contributed by atoms with E-state index in [1.165, 1.54) is 16.8 Å². The van der Waals surface area contributed by atoms with Crippen LogP contribution in [0.15, 0.2) is 36.8 Å². The summed E-state index contributed by atoms with van der Waals surface area (Å²) in [5, 5.41) is 10.4. The van der Waals surface area contributed by atoms with Gasteiger partial charge in [0.1, 0.15) is 0 Å². The van der Waals surface area contributed by atoms with Gasteiger partial charge < -0.3 is 9.67 Å². The molecule has 0 bridgehead atoms. The Bertz CT molecular complexity index is 614. The zero-order chi connectivity index (χ0) is 12.3. The van der Waals surface area contributed by atoms with Crippen LogP contribution in [-0.2, 0) is 0 Å². The van der Waals surface area contributed by atoms with Gasteiger partial charge in [-0.2, -0.15) is 0 Å². The van der Waals surface area contributed by atoms with E-state index in [0.29, 0.717) is 5.92 Å². The van der Waals surface area contributed by atoms with Crippen molar-refractivity contribution in [3.8, 4) is 11.3 Å². The highest BCUT2D eigenvalue weighted by atomic mass is 16.3. The molecule has 92 valence electrons. The zero-order valence-electron chi connectivity index (χ0n) is 10.4. The fourth-order valence-electron chi connectivity index (χ4n) is 3.51. The van der Waals surface area contributed by atoms with Crippen molar-refractivity contribution < 1.29 is 5.11 Å². The first-order chi connectivity index (χ1) is 8.68. The fraction of sp³-hybridized carbons (Fsp3) is 0.400. The minimum absolute atomic E-state index is 0.252. The van der Waals surface area contributed by atoms with Gasteiger partial charge in [0.2, 0.25) is 0 Å². The number of fused-ring (bicyclic) bond motifs is 3. The Morgan fingerprint density at radius 3 is 2.94 bits per heavy atom. The molecule has 2 aromatic rings. The lowest BCUT2D eigenvalue weighted by molar-refractivity contribution is -0.0924. The Labute approximate surface area is 106 Å². The quantitative estimate of drug-likeness (QED) is 0.832. The molecule has 0 saturated heterocycles. The molecule has 2 aliphatic rings. The largest absolute Gasteiger partial charge is 0.390 e. The van der Waals surface area contributed by atoms with Gasteiger partial charge in [0.25, 0.3) is 0 Å². The van der Waals surface area contributed by atoms with E-state index >= 15 is 0 Å². The Morgan fingerprint density at radius 1 is 1.39 bits per heavy atom. The lowest BCUT2D eigenvalue weighted by Crippen LogP contribution is -2.48. The van der Waals surface area contributed by atoms with Crippen molar-refractivity contribution in [2.24, 2.45) is 5.92 Å². The first-order valence-corrected chi connectivity index (χ1v) is 6.52. The second-order valence-corrected chi connectivity index (χ2v) is 5.72. The molecule has 2 heterocycles. The summed E-state index contributed by atoms with van der Waals surface area (Å²) in [6.45, 7) is 1.96. The topological polar surface area (TPSA) is 38.1 Å². The molecule has 4 rings (SSSR count). The summed E-state index contributed by atoms with van der Waals surface area (Å²) in [5.41, 5.74) is 3.24. The minimum atomic E-state index is -0.538. The molecular formula is C15H16N2O. The smallest absolute Gasteiger partial charge is 0.0956 e. The zero-order valence-corrected chi connectivity index (χ0v) is 10.4. The Kier molecular flexibility index (Phi) is 1.86. The molecular weight excluding hydrogens is 224 g/mol. The Balaban J connectivity index is 1.90. The van der Waals surface area contributed by atoms with Crippen LogP contribution in [0.5, 0.6) is 0 Å². The predicted octanol–water partition coefficient (Wildman–Crippen LogP) is 2.61. The van der Waals surface area contributed by atoms with Crippen molar-refractivity contribution in [1.29, 1.82) is 0 Å². The first kappa shape index (κ1) is 10.3. The number of hydrogen-bond donors (Lipinski definition) is 1. The average molecular weight is 240 g/mol. The minimum Gasteiger partial charge on any atom is -0.390 e. The number of aliphatic hydroxyl groups is 1. The van der Waals surface area contributed by atoms with Crippen LogP contribution < -0.4 is 0 Å². The maximum Gasteiger partial charge on any atom is 0.0956 e. The lowest BCUT2D eigenvalue weighted by Gasteiger charge is -2.46. The normalized spacial score (nSPS) is 32.8. The van der Waals surface area contributed by atoms with Gasteiger partial charge >= 0.3 is 0 Å². The van der Waals surface area contributed by atoms with E-state index in [4.69, 9.17) is 0 Å². The summed E-state index contributed by atoms with van der Waals surface area (Å²) < 4.78 is 2.23. The van der Waals surface area contributed by atoms with Crippen LogP contribution in [0.1, 0.15) is 31.4 Å². The lowest BCUT2D eigenvalue weighted by atomic mass is 9.65. The van der Waals surface area contributed by atoms with Crippen LogP contribution in [0, 0.1) is 5.92 Å². The number of benzene rings is 1. The molecule has 0 amide bonds. The van der Waals surface area contributed by atoms with Crippen molar-refractivity contribution in [2.45, 2.75) is 31.4 Å². The molecule has 1 aliphatic carbocycles. The van der Waals surface area contributed by atoms with Crippen molar-refractivity contribution in [3.63, 3.8) is 0 Å². The van der Waals surface area contributed by atoms with Gasteiger partial charge in [-0.25, -0.2) is 4.98 Å². The molecule has 1 aromatic heterocycles. The van der Waals surface area contributed by atoms with Crippen molar-refractivity contribution in [3.05, 3.63) is 42.4 Å². The molecule has 1 fully saturated rings. The monoisotopic (exact) mass is 240 g/mol. The van der Waals surface area contributed by atoms with Crippen LogP contribution in [0.25, 0.3) is 11.3 Å². The second-order valence-electron chi connectivity index (χ2n) is 5.72. The second kappa shape index (κ2) is 3.23. The maximum absolute atomic E-state index is 10.4. The van der Waals surface area contributed by atoms with Crippen molar-refractivity contribution in [1.82, 2.24) is 9.55 Å². The van der Waals surface area contributed by atoms with E-state index < -0.39 is 5.60 Å². The number of hydrogen-bond acceptors (Lipinski definition) is 2. The van der Waals surface area contributed by atoms with E-state index in [0.717, 1.165) is 12.8 Å². The van der Waals surface area contributed by atoms with Crippen LogP contribution in [-0.4, -0.2) is 20.3 Å². The molecule has 1 aliphatic heterocycles. The SMILES string of the molecule is C[C@]1(O)CC[C@H]1[C@@H]1c2ccccc2-c2cncn21. The van der Waals surface area contributed by atoms with Gasteiger partial charge in [0.05, 0.1) is 29.9 Å². The summed E-state index contributed by atoms with van der Waals surface area (Å²) in [6.07, 6.45) is 5.81. The van der Waals surface area contributed by atoms with Crippen LogP contribution >= 0.6 is 0 Å². The molecule has 0 radical (unpaired) electrons. The highest BCUT2D eigenvalue weighted by Gasteiger charge is 2.49. The molecule has 0 spiro atoms. The number of imidazole rings is 1. The van der Waals surface area contributed by atoms with Gasteiger partial charge in [-0.3, -0.25) is 0 Å². The van der Waals surface area contributed by atoms with Gasteiger partial charge in [-0.05, 0) is 25.3 Å². The highest BCUT2D eigenvalue weighted by molar-refractivity contribution is 5.69. The Hall–Kier alpha value is -1.61. The molecule has 3 atom stereocenters. The summed E-state index contributed by atoms with van der Waals surface area (Å²) >= 11 is 0. The van der Waals surface area contributed by atoms with Crippen LogP contribution in [0.4, 0.5) is 0 Å². The van der Waals surface area contributed by atoms with Crippen LogP contribution in [0.3, 0.4) is 0 Å². The summed E-state index contributed by atoms with van der Waals surface area (Å²) in [5.74, 6) is 0.300.